The molecular weight excluding hydrogens is 592 g/mol. The minimum absolute atomic E-state index is 0.0857. The molecule has 0 fully saturated rings. The molecule has 3 aromatic carbocycles. The fraction of sp³-hybridized carbons (Fsp3) is 0.361. The normalized spacial score (nSPS) is 11.3. The van der Waals surface area contributed by atoms with Gasteiger partial charge in [0.05, 0.1) is 37.9 Å². The van der Waals surface area contributed by atoms with E-state index in [-0.39, 0.29) is 31.7 Å². The van der Waals surface area contributed by atoms with Crippen LogP contribution in [0.1, 0.15) is 37.0 Å². The highest BCUT2D eigenvalue weighted by atomic mass is 16.6. The van der Waals surface area contributed by atoms with Gasteiger partial charge in [-0.15, -0.1) is 0 Å². The quantitative estimate of drug-likeness (QED) is 0.0592. The molecule has 246 valence electrons. The van der Waals surface area contributed by atoms with E-state index in [0.29, 0.717) is 55.8 Å². The Morgan fingerprint density at radius 2 is 1.13 bits per heavy atom. The second-order valence-electron chi connectivity index (χ2n) is 10.1. The van der Waals surface area contributed by atoms with E-state index in [1.807, 2.05) is 50.2 Å². The average Bonchev–Trinajstić information content (AvgIpc) is 3.08. The molecule has 0 aromatic heterocycles. The number of carbonyl (C=O) groups excluding carboxylic acids is 3. The summed E-state index contributed by atoms with van der Waals surface area (Å²) in [5.74, 6) is 0.440. The highest BCUT2D eigenvalue weighted by Gasteiger charge is 2.13. The van der Waals surface area contributed by atoms with Crippen molar-refractivity contribution in [2.24, 2.45) is 5.92 Å². The standard InChI is InChI=1S/C36H42O10/c1-4-6-27(3)35(38)45-24-22-41-20-19-40-21-23-42-32-15-11-30(12-16-32)36(39)46-33-17-9-29(10-18-33)28-7-13-31(14-8-28)43-25-26-44-34(37)5-2/h5,7-18,27H,2,4,6,19-26H2,1,3H3. The smallest absolute Gasteiger partial charge is 0.343 e. The molecule has 46 heavy (non-hydrogen) atoms. The van der Waals surface area contributed by atoms with E-state index in [1.165, 1.54) is 0 Å². The van der Waals surface area contributed by atoms with Gasteiger partial charge >= 0.3 is 17.9 Å². The molecule has 1 unspecified atom stereocenters. The van der Waals surface area contributed by atoms with Crippen LogP contribution < -0.4 is 14.2 Å². The first-order chi connectivity index (χ1) is 22.4. The summed E-state index contributed by atoms with van der Waals surface area (Å²) in [6.45, 7) is 9.69. The summed E-state index contributed by atoms with van der Waals surface area (Å²) in [4.78, 5) is 35.4. The van der Waals surface area contributed by atoms with Crippen LogP contribution in [0.2, 0.25) is 0 Å². The van der Waals surface area contributed by atoms with Crippen molar-refractivity contribution < 1.29 is 47.5 Å². The lowest BCUT2D eigenvalue weighted by Gasteiger charge is -2.11. The zero-order valence-corrected chi connectivity index (χ0v) is 26.4. The molecule has 0 saturated heterocycles. The molecule has 0 saturated carbocycles. The van der Waals surface area contributed by atoms with Gasteiger partial charge in [-0.2, -0.15) is 0 Å². The number of hydrogen-bond acceptors (Lipinski definition) is 10. The van der Waals surface area contributed by atoms with Crippen LogP contribution in [0.4, 0.5) is 0 Å². The van der Waals surface area contributed by atoms with E-state index < -0.39 is 11.9 Å². The van der Waals surface area contributed by atoms with Crippen LogP contribution in [-0.2, 0) is 28.5 Å². The maximum atomic E-state index is 12.6. The van der Waals surface area contributed by atoms with Gasteiger partial charge in [-0.1, -0.05) is 51.1 Å². The fourth-order valence-electron chi connectivity index (χ4n) is 4.11. The van der Waals surface area contributed by atoms with Crippen LogP contribution in [-0.4, -0.2) is 70.8 Å². The van der Waals surface area contributed by atoms with E-state index in [4.69, 9.17) is 33.2 Å². The molecule has 0 aliphatic heterocycles. The molecule has 10 nitrogen and oxygen atoms in total. The Hall–Kier alpha value is -4.67. The molecule has 10 heteroatoms. The van der Waals surface area contributed by atoms with Crippen molar-refractivity contribution in [1.82, 2.24) is 0 Å². The van der Waals surface area contributed by atoms with E-state index in [9.17, 15) is 14.4 Å². The van der Waals surface area contributed by atoms with E-state index >= 15 is 0 Å². The molecular formula is C36H42O10. The third kappa shape index (κ3) is 13.1. The van der Waals surface area contributed by atoms with Crippen molar-refractivity contribution in [2.75, 3.05) is 52.9 Å². The number of ether oxygens (including phenoxy) is 7. The largest absolute Gasteiger partial charge is 0.491 e. The Morgan fingerprint density at radius 3 is 1.70 bits per heavy atom. The molecule has 0 heterocycles. The summed E-state index contributed by atoms with van der Waals surface area (Å²) in [6, 6.07) is 21.4. The van der Waals surface area contributed by atoms with Crippen molar-refractivity contribution in [3.63, 3.8) is 0 Å². The average molecular weight is 635 g/mol. The molecule has 0 radical (unpaired) electrons. The topological polar surface area (TPSA) is 116 Å². The summed E-state index contributed by atoms with van der Waals surface area (Å²) in [7, 11) is 0. The van der Waals surface area contributed by atoms with Crippen LogP contribution in [0.5, 0.6) is 17.2 Å². The number of esters is 3. The molecule has 0 bridgehead atoms. The first-order valence-corrected chi connectivity index (χ1v) is 15.3. The monoisotopic (exact) mass is 634 g/mol. The molecule has 0 spiro atoms. The molecule has 1 atom stereocenters. The lowest BCUT2D eigenvalue weighted by molar-refractivity contribution is -0.149. The Kier molecular flexibility index (Phi) is 15.9. The Balaban J connectivity index is 1.29. The van der Waals surface area contributed by atoms with E-state index in [1.54, 1.807) is 36.4 Å². The Labute approximate surface area is 270 Å². The van der Waals surface area contributed by atoms with Gasteiger partial charge in [0.1, 0.15) is 43.7 Å². The first-order valence-electron chi connectivity index (χ1n) is 15.3. The summed E-state index contributed by atoms with van der Waals surface area (Å²) >= 11 is 0. The van der Waals surface area contributed by atoms with Gasteiger partial charge in [0.2, 0.25) is 0 Å². The van der Waals surface area contributed by atoms with Gasteiger partial charge in [-0.3, -0.25) is 4.79 Å². The third-order valence-electron chi connectivity index (χ3n) is 6.57. The van der Waals surface area contributed by atoms with Gasteiger partial charge in [0, 0.05) is 6.08 Å². The van der Waals surface area contributed by atoms with Crippen molar-refractivity contribution >= 4 is 17.9 Å². The van der Waals surface area contributed by atoms with E-state index in [0.717, 1.165) is 30.0 Å². The van der Waals surface area contributed by atoms with Gasteiger partial charge < -0.3 is 33.2 Å². The lowest BCUT2D eigenvalue weighted by Crippen LogP contribution is -2.18. The summed E-state index contributed by atoms with van der Waals surface area (Å²) in [5.41, 5.74) is 2.30. The van der Waals surface area contributed by atoms with Crippen molar-refractivity contribution in [3.8, 4) is 28.4 Å². The zero-order valence-electron chi connectivity index (χ0n) is 26.4. The molecule has 0 amide bonds. The minimum atomic E-state index is -0.486. The number of benzene rings is 3. The SMILES string of the molecule is C=CC(=O)OCCOc1ccc(-c2ccc(OC(=O)c3ccc(OCCOCCOCCOC(=O)C(C)CCC)cc3)cc2)cc1. The van der Waals surface area contributed by atoms with Gasteiger partial charge in [-0.05, 0) is 66.1 Å². The first kappa shape index (κ1) is 35.8. The van der Waals surface area contributed by atoms with Crippen molar-refractivity contribution in [3.05, 3.63) is 91.0 Å². The summed E-state index contributed by atoms with van der Waals surface area (Å²) in [5, 5.41) is 0. The van der Waals surface area contributed by atoms with Gasteiger partial charge in [0.25, 0.3) is 0 Å². The third-order valence-corrected chi connectivity index (χ3v) is 6.57. The Morgan fingerprint density at radius 1 is 0.652 bits per heavy atom. The summed E-state index contributed by atoms with van der Waals surface area (Å²) < 4.78 is 37.7. The summed E-state index contributed by atoms with van der Waals surface area (Å²) in [6.07, 6.45) is 2.87. The molecule has 3 aromatic rings. The van der Waals surface area contributed by atoms with Crippen molar-refractivity contribution in [1.29, 1.82) is 0 Å². The van der Waals surface area contributed by atoms with Gasteiger partial charge in [0.15, 0.2) is 0 Å². The van der Waals surface area contributed by atoms with E-state index in [2.05, 4.69) is 6.58 Å². The van der Waals surface area contributed by atoms with Crippen LogP contribution in [0, 0.1) is 5.92 Å². The maximum Gasteiger partial charge on any atom is 0.343 e. The highest BCUT2D eigenvalue weighted by molar-refractivity contribution is 5.91. The second kappa shape index (κ2) is 20.4. The Bertz CT molecular complexity index is 1350. The predicted molar refractivity (Wildman–Crippen MR) is 172 cm³/mol. The molecule has 0 N–H and O–H groups in total. The number of hydrogen-bond donors (Lipinski definition) is 0. The van der Waals surface area contributed by atoms with Crippen LogP contribution in [0.25, 0.3) is 11.1 Å². The lowest BCUT2D eigenvalue weighted by atomic mass is 10.1. The fourth-order valence-corrected chi connectivity index (χ4v) is 4.11. The predicted octanol–water partition coefficient (Wildman–Crippen LogP) is 6.07. The van der Waals surface area contributed by atoms with Crippen LogP contribution in [0.15, 0.2) is 85.5 Å². The number of carbonyl (C=O) groups is 3. The van der Waals surface area contributed by atoms with Gasteiger partial charge in [-0.25, -0.2) is 9.59 Å². The van der Waals surface area contributed by atoms with Crippen molar-refractivity contribution in [2.45, 2.75) is 26.7 Å². The highest BCUT2D eigenvalue weighted by Crippen LogP contribution is 2.25. The molecule has 0 aliphatic rings. The molecule has 0 aliphatic carbocycles. The minimum Gasteiger partial charge on any atom is -0.491 e. The number of rotatable bonds is 21. The van der Waals surface area contributed by atoms with Crippen LogP contribution >= 0.6 is 0 Å². The second-order valence-corrected chi connectivity index (χ2v) is 10.1. The zero-order chi connectivity index (χ0) is 33.0. The maximum absolute atomic E-state index is 12.6. The van der Waals surface area contributed by atoms with Crippen LogP contribution in [0.3, 0.4) is 0 Å². The molecule has 3 rings (SSSR count).